The monoisotopic (exact) mass is 524 g/mol. The lowest BCUT2D eigenvalue weighted by molar-refractivity contribution is 0.0953. The fourth-order valence-electron chi connectivity index (χ4n) is 2.78. The van der Waals surface area contributed by atoms with Crippen LogP contribution in [-0.2, 0) is 13.0 Å². The zero-order valence-corrected chi connectivity index (χ0v) is 20.4. The smallest absolute Gasteiger partial charge is 0.251 e. The highest BCUT2D eigenvalue weighted by molar-refractivity contribution is 14.0. The van der Waals surface area contributed by atoms with Crippen LogP contribution in [0.15, 0.2) is 53.5 Å². The fraction of sp³-hybridized carbons (Fsp3) is 0.391. The Bertz CT molecular complexity index is 777. The molecule has 164 valence electrons. The van der Waals surface area contributed by atoms with E-state index in [2.05, 4.69) is 40.0 Å². The van der Waals surface area contributed by atoms with E-state index in [-0.39, 0.29) is 29.9 Å². The number of rotatable bonds is 10. The molecular weight excluding hydrogens is 491 g/mol. The number of unbranched alkanes of at least 4 members (excludes halogenated alkanes) is 1. The van der Waals surface area contributed by atoms with Crippen LogP contribution in [0.4, 0.5) is 0 Å². The summed E-state index contributed by atoms with van der Waals surface area (Å²) in [5, 5.41) is 9.55. The van der Waals surface area contributed by atoms with E-state index < -0.39 is 0 Å². The molecule has 0 radical (unpaired) electrons. The van der Waals surface area contributed by atoms with E-state index in [1.54, 1.807) is 14.2 Å². The molecule has 0 saturated carbocycles. The van der Waals surface area contributed by atoms with Gasteiger partial charge < -0.3 is 20.7 Å². The van der Waals surface area contributed by atoms with Crippen molar-refractivity contribution in [2.45, 2.75) is 32.7 Å². The third-order valence-corrected chi connectivity index (χ3v) is 4.58. The summed E-state index contributed by atoms with van der Waals surface area (Å²) in [4.78, 5) is 16.3. The molecule has 0 fully saturated rings. The molecule has 2 aromatic carbocycles. The van der Waals surface area contributed by atoms with Crippen LogP contribution in [0.2, 0.25) is 0 Å². The lowest BCUT2D eigenvalue weighted by atomic mass is 10.1. The standard InChI is InChI=1S/C23H32N4O2.HI/c1-4-5-15-25-22(28)20-10-6-19(7-11-20)17-27-23(24-2)26-16-14-18-8-12-21(29-3)13-9-18;/h6-13H,4-5,14-17H2,1-3H3,(H,25,28)(H2,24,26,27);1H. The van der Waals surface area contributed by atoms with Gasteiger partial charge in [0.05, 0.1) is 7.11 Å². The number of hydrogen-bond donors (Lipinski definition) is 3. The van der Waals surface area contributed by atoms with Crippen LogP contribution >= 0.6 is 24.0 Å². The van der Waals surface area contributed by atoms with Gasteiger partial charge in [0.25, 0.3) is 5.91 Å². The fourth-order valence-corrected chi connectivity index (χ4v) is 2.78. The van der Waals surface area contributed by atoms with E-state index in [9.17, 15) is 4.79 Å². The summed E-state index contributed by atoms with van der Waals surface area (Å²) < 4.78 is 5.18. The highest BCUT2D eigenvalue weighted by Gasteiger charge is 2.05. The van der Waals surface area contributed by atoms with Gasteiger partial charge >= 0.3 is 0 Å². The van der Waals surface area contributed by atoms with Crippen LogP contribution in [0.1, 0.15) is 41.3 Å². The third-order valence-electron chi connectivity index (χ3n) is 4.58. The van der Waals surface area contributed by atoms with Crippen molar-refractivity contribution in [3.63, 3.8) is 0 Å². The number of guanidine groups is 1. The van der Waals surface area contributed by atoms with Gasteiger partial charge in [0.1, 0.15) is 5.75 Å². The van der Waals surface area contributed by atoms with Crippen LogP contribution < -0.4 is 20.7 Å². The molecule has 1 amide bonds. The van der Waals surface area contributed by atoms with Gasteiger partial charge in [-0.15, -0.1) is 24.0 Å². The molecule has 0 atom stereocenters. The second kappa shape index (κ2) is 14.7. The number of benzene rings is 2. The Hall–Kier alpha value is -2.29. The Balaban J connectivity index is 0.00000450. The number of hydrogen-bond acceptors (Lipinski definition) is 3. The Morgan fingerprint density at radius 3 is 2.20 bits per heavy atom. The molecule has 0 unspecified atom stereocenters. The van der Waals surface area contributed by atoms with Gasteiger partial charge in [-0.3, -0.25) is 9.79 Å². The normalized spacial score (nSPS) is 10.7. The van der Waals surface area contributed by atoms with Crippen LogP contribution in [0.25, 0.3) is 0 Å². The summed E-state index contributed by atoms with van der Waals surface area (Å²) >= 11 is 0. The van der Waals surface area contributed by atoms with E-state index in [4.69, 9.17) is 4.74 Å². The first-order valence-electron chi connectivity index (χ1n) is 10.1. The predicted octanol–water partition coefficient (Wildman–Crippen LogP) is 3.75. The number of carbonyl (C=O) groups is 1. The Morgan fingerprint density at radius 1 is 0.933 bits per heavy atom. The number of amides is 1. The van der Waals surface area contributed by atoms with Crippen LogP contribution in [0.3, 0.4) is 0 Å². The van der Waals surface area contributed by atoms with Gasteiger partial charge in [-0.05, 0) is 48.2 Å². The topological polar surface area (TPSA) is 74.8 Å². The SMILES string of the molecule is CCCCNC(=O)c1ccc(CNC(=NC)NCCc2ccc(OC)cc2)cc1.I. The van der Waals surface area contributed by atoms with Crippen molar-refractivity contribution in [2.75, 3.05) is 27.2 Å². The molecule has 0 bridgehead atoms. The first-order valence-corrected chi connectivity index (χ1v) is 10.1. The second-order valence-corrected chi connectivity index (χ2v) is 6.76. The van der Waals surface area contributed by atoms with Crippen LogP contribution in [-0.4, -0.2) is 39.1 Å². The maximum absolute atomic E-state index is 12.1. The van der Waals surface area contributed by atoms with E-state index >= 15 is 0 Å². The average Bonchev–Trinajstić information content (AvgIpc) is 2.77. The highest BCUT2D eigenvalue weighted by Crippen LogP contribution is 2.11. The van der Waals surface area contributed by atoms with Crippen molar-refractivity contribution in [2.24, 2.45) is 4.99 Å². The van der Waals surface area contributed by atoms with Gasteiger partial charge in [-0.2, -0.15) is 0 Å². The van der Waals surface area contributed by atoms with Crippen LogP contribution in [0, 0.1) is 0 Å². The summed E-state index contributed by atoms with van der Waals surface area (Å²) in [5.74, 6) is 1.59. The number of ether oxygens (including phenoxy) is 1. The van der Waals surface area contributed by atoms with Gasteiger partial charge in [0, 0.05) is 32.2 Å². The lowest BCUT2D eigenvalue weighted by Gasteiger charge is -2.12. The van der Waals surface area contributed by atoms with Crippen molar-refractivity contribution in [1.29, 1.82) is 0 Å². The van der Waals surface area contributed by atoms with Crippen molar-refractivity contribution >= 4 is 35.8 Å². The molecule has 0 aliphatic carbocycles. The van der Waals surface area contributed by atoms with E-state index in [0.717, 1.165) is 49.6 Å². The molecule has 0 saturated heterocycles. The molecule has 7 heteroatoms. The molecule has 2 rings (SSSR count). The molecule has 0 aliphatic heterocycles. The molecule has 0 spiro atoms. The van der Waals surface area contributed by atoms with Gasteiger partial charge in [0.15, 0.2) is 5.96 Å². The first-order chi connectivity index (χ1) is 14.2. The van der Waals surface area contributed by atoms with Crippen molar-refractivity contribution < 1.29 is 9.53 Å². The van der Waals surface area contributed by atoms with E-state index in [1.165, 1.54) is 5.56 Å². The van der Waals surface area contributed by atoms with E-state index in [0.29, 0.717) is 12.1 Å². The first kappa shape index (κ1) is 25.7. The van der Waals surface area contributed by atoms with Gasteiger partial charge in [-0.25, -0.2) is 0 Å². The number of methoxy groups -OCH3 is 1. The molecule has 0 aliphatic rings. The van der Waals surface area contributed by atoms with Gasteiger partial charge in [-0.1, -0.05) is 37.6 Å². The Labute approximate surface area is 196 Å². The molecule has 3 N–H and O–H groups in total. The van der Waals surface area contributed by atoms with Crippen LogP contribution in [0.5, 0.6) is 5.75 Å². The van der Waals surface area contributed by atoms with E-state index in [1.807, 2.05) is 36.4 Å². The molecule has 2 aromatic rings. The number of halogens is 1. The highest BCUT2D eigenvalue weighted by atomic mass is 127. The summed E-state index contributed by atoms with van der Waals surface area (Å²) in [7, 11) is 3.43. The summed E-state index contributed by atoms with van der Waals surface area (Å²) in [5.41, 5.74) is 3.02. The zero-order valence-electron chi connectivity index (χ0n) is 18.0. The minimum absolute atomic E-state index is 0. The van der Waals surface area contributed by atoms with Crippen molar-refractivity contribution in [1.82, 2.24) is 16.0 Å². The molecule has 6 nitrogen and oxygen atoms in total. The number of carbonyl (C=O) groups excluding carboxylic acids is 1. The van der Waals surface area contributed by atoms with Gasteiger partial charge in [0.2, 0.25) is 0 Å². The third kappa shape index (κ3) is 9.02. The maximum Gasteiger partial charge on any atom is 0.251 e. The molecule has 30 heavy (non-hydrogen) atoms. The Morgan fingerprint density at radius 2 is 1.60 bits per heavy atom. The minimum Gasteiger partial charge on any atom is -0.497 e. The summed E-state index contributed by atoms with van der Waals surface area (Å²) in [6.07, 6.45) is 2.96. The summed E-state index contributed by atoms with van der Waals surface area (Å²) in [6.45, 7) is 4.25. The number of nitrogens with one attached hydrogen (secondary N) is 3. The number of nitrogens with zero attached hydrogens (tertiary/aromatic N) is 1. The van der Waals surface area contributed by atoms with Crippen molar-refractivity contribution in [3.8, 4) is 5.75 Å². The maximum atomic E-state index is 12.1. The molecular formula is C23H33IN4O2. The lowest BCUT2D eigenvalue weighted by Crippen LogP contribution is -2.37. The average molecular weight is 524 g/mol. The predicted molar refractivity (Wildman–Crippen MR) is 134 cm³/mol. The second-order valence-electron chi connectivity index (χ2n) is 6.76. The quantitative estimate of drug-likeness (QED) is 0.192. The summed E-state index contributed by atoms with van der Waals surface area (Å²) in [6, 6.07) is 15.7. The molecule has 0 aromatic heterocycles. The number of aliphatic imine (C=N–C) groups is 1. The molecule has 0 heterocycles. The van der Waals surface area contributed by atoms with Crippen molar-refractivity contribution in [3.05, 3.63) is 65.2 Å². The largest absolute Gasteiger partial charge is 0.497 e. The Kier molecular flexibility index (Phi) is 12.6. The minimum atomic E-state index is -0.0195. The zero-order chi connectivity index (χ0) is 20.9.